The van der Waals surface area contributed by atoms with Gasteiger partial charge in [0.2, 0.25) is 0 Å². The van der Waals surface area contributed by atoms with Crippen molar-refractivity contribution in [3.8, 4) is 0 Å². The van der Waals surface area contributed by atoms with Crippen molar-refractivity contribution in [1.82, 2.24) is 0 Å². The molecule has 12 rings (SSSR count). The molecule has 4 saturated carbocycles. The lowest BCUT2D eigenvalue weighted by Gasteiger charge is -2.74. The number of allylic oxidation sites excluding steroid dienone is 2. The smallest absolute Gasteiger partial charge is 0.338 e. The predicted molar refractivity (Wildman–Crippen MR) is 207 cm³/mol. The molecule has 316 valence electrons. The Kier molecular flexibility index (Phi) is 8.90. The summed E-state index contributed by atoms with van der Waals surface area (Å²) in [6.07, 6.45) is 0.608. The van der Waals surface area contributed by atoms with Crippen LogP contribution in [-0.2, 0) is 39.2 Å². The average molecular weight is 815 g/mol. The maximum atomic E-state index is 13.7. The van der Waals surface area contributed by atoms with E-state index in [0.717, 1.165) is 0 Å². The van der Waals surface area contributed by atoms with Crippen molar-refractivity contribution < 1.29 is 63.5 Å². The van der Waals surface area contributed by atoms with Crippen LogP contribution in [0.25, 0.3) is 0 Å². The van der Waals surface area contributed by atoms with Crippen molar-refractivity contribution in [3.63, 3.8) is 0 Å². The SMILES string of the molecule is C[C@H]1[C@@H]2CC[C@@H]1[C@@H](OC(=O)c1ccccc1)/C=C/C=C\C(=O)O[C@H]1[C@@H](C)C[C@@H]3[C@]1(O)[C@H](O)[C@@]1(CO)O[C@H]1[C@H]1[C@H]4OC5(c6ccccc6)O[C@@H]([C@@H](C)[C@@]13O5)[C@@]4(O)[C@](C)(O)C2. The van der Waals surface area contributed by atoms with Crippen molar-refractivity contribution in [2.24, 2.45) is 41.4 Å². The number of rotatable bonds is 4. The molecule has 4 saturated heterocycles. The molecule has 6 aliphatic heterocycles. The Morgan fingerprint density at radius 2 is 1.58 bits per heavy atom. The lowest BCUT2D eigenvalue weighted by Crippen LogP contribution is -2.89. The Morgan fingerprint density at radius 3 is 2.29 bits per heavy atom. The first kappa shape index (κ1) is 39.6. The molecule has 0 aromatic heterocycles. The number of hydrogen-bond donors (Lipinski definition) is 5. The summed E-state index contributed by atoms with van der Waals surface area (Å²) >= 11 is 0. The third kappa shape index (κ3) is 5.17. The van der Waals surface area contributed by atoms with Crippen LogP contribution in [-0.4, -0.2) is 109 Å². The zero-order chi connectivity index (χ0) is 41.5. The molecule has 19 atom stereocenters. The van der Waals surface area contributed by atoms with Gasteiger partial charge in [0.05, 0.1) is 23.4 Å². The number of fused-ring (bicyclic) bond motifs is 6. The van der Waals surface area contributed by atoms with E-state index >= 15 is 0 Å². The fraction of sp³-hybridized carbons (Fsp3) is 0.609. The van der Waals surface area contributed by atoms with Gasteiger partial charge in [-0.05, 0) is 68.6 Å². The van der Waals surface area contributed by atoms with Gasteiger partial charge in [0.1, 0.15) is 53.4 Å². The van der Waals surface area contributed by atoms with E-state index in [9.17, 15) is 35.1 Å². The van der Waals surface area contributed by atoms with Crippen LogP contribution in [0, 0.1) is 41.4 Å². The van der Waals surface area contributed by atoms with Crippen LogP contribution in [0.4, 0.5) is 0 Å². The zero-order valence-electron chi connectivity index (χ0n) is 33.6. The lowest BCUT2D eigenvalue weighted by atomic mass is 9.49. The Hall–Kier alpha value is -3.50. The van der Waals surface area contributed by atoms with Gasteiger partial charge in [-0.15, -0.1) is 0 Å². The molecule has 1 spiro atoms. The van der Waals surface area contributed by atoms with Gasteiger partial charge in [0, 0.05) is 35.3 Å². The Morgan fingerprint density at radius 1 is 0.881 bits per heavy atom. The number of aliphatic hydroxyl groups is 5. The van der Waals surface area contributed by atoms with E-state index < -0.39 is 113 Å². The average Bonchev–Trinajstić information content (AvgIpc) is 3.79. The molecule has 4 aliphatic carbocycles. The number of benzene rings is 2. The first-order valence-electron chi connectivity index (χ1n) is 21.2. The van der Waals surface area contributed by atoms with Gasteiger partial charge >= 0.3 is 17.9 Å². The fourth-order valence-electron chi connectivity index (χ4n) is 13.3. The molecular formula is C46H54O13. The monoisotopic (exact) mass is 814 g/mol. The van der Waals surface area contributed by atoms with Crippen LogP contribution >= 0.6 is 0 Å². The summed E-state index contributed by atoms with van der Waals surface area (Å²) in [6, 6.07) is 17.7. The standard InChI is InChI=1S/C46H54O13/c1-24-21-32-43(52)35(24)55-33(48)18-12-11-17-31(54-39(49)27-13-7-5-8-14-27)30-20-19-28(25(30)2)22-41(4,51)45(53)36-26(3)44(32)34(37-42(23-47,56-37)40(43)50)38(45)58-46(57-36,59-44)29-15-9-6-10-16-29/h5-18,24-26,28,30-32,34-38,40,47,50-53H,19-23H2,1-4H3/b17-11+,18-12-/t24-,25-,26+,28+,30-,31-,32+,34-,35-,36-,37-,38+,40+,41+,42-,43+,44-,45-,46?/m0/s1. The normalized spacial score (nSPS) is 52.8. The Labute approximate surface area is 342 Å². The minimum Gasteiger partial charge on any atom is -0.456 e. The summed E-state index contributed by atoms with van der Waals surface area (Å²) in [7, 11) is 0. The number of ether oxygens (including phenoxy) is 6. The molecule has 8 fully saturated rings. The second-order valence-corrected chi connectivity index (χ2v) is 19.0. The van der Waals surface area contributed by atoms with Crippen LogP contribution in [0.15, 0.2) is 85.0 Å². The Bertz CT molecular complexity index is 2060. The van der Waals surface area contributed by atoms with Crippen molar-refractivity contribution >= 4 is 11.9 Å². The first-order valence-corrected chi connectivity index (χ1v) is 21.2. The predicted octanol–water partition coefficient (Wildman–Crippen LogP) is 3.31. The van der Waals surface area contributed by atoms with E-state index in [1.807, 2.05) is 38.1 Å². The molecular weight excluding hydrogens is 760 g/mol. The highest BCUT2D eigenvalue weighted by atomic mass is 16.9. The fourth-order valence-corrected chi connectivity index (χ4v) is 13.3. The summed E-state index contributed by atoms with van der Waals surface area (Å²) in [5.74, 6) is -6.79. The van der Waals surface area contributed by atoms with E-state index in [4.69, 9.17) is 28.4 Å². The molecule has 2 aromatic carbocycles. The van der Waals surface area contributed by atoms with Gasteiger partial charge in [-0.1, -0.05) is 81.5 Å². The largest absolute Gasteiger partial charge is 0.456 e. The summed E-state index contributed by atoms with van der Waals surface area (Å²) in [6.45, 7) is 6.66. The quantitative estimate of drug-likeness (QED) is 0.223. The van der Waals surface area contributed by atoms with Gasteiger partial charge in [-0.3, -0.25) is 0 Å². The van der Waals surface area contributed by atoms with E-state index in [1.54, 1.807) is 55.5 Å². The molecule has 0 amide bonds. The van der Waals surface area contributed by atoms with Crippen molar-refractivity contribution in [2.75, 3.05) is 6.61 Å². The highest BCUT2D eigenvalue weighted by Crippen LogP contribution is 2.75. The van der Waals surface area contributed by atoms with Gasteiger partial charge in [0.25, 0.3) is 0 Å². The number of carbonyl (C=O) groups is 2. The highest BCUT2D eigenvalue weighted by Gasteiger charge is 2.91. The summed E-state index contributed by atoms with van der Waals surface area (Å²) < 4.78 is 39.7. The number of hydrogen-bond acceptors (Lipinski definition) is 13. The first-order chi connectivity index (χ1) is 28.1. The number of epoxide rings is 1. The van der Waals surface area contributed by atoms with Crippen LogP contribution in [0.5, 0.6) is 0 Å². The summed E-state index contributed by atoms with van der Waals surface area (Å²) in [5, 5.41) is 63.4. The molecule has 13 nitrogen and oxygen atoms in total. The molecule has 1 unspecified atom stereocenters. The summed E-state index contributed by atoms with van der Waals surface area (Å²) in [4.78, 5) is 27.2. The molecule has 13 heteroatoms. The number of carbonyl (C=O) groups excluding carboxylic acids is 2. The second kappa shape index (κ2) is 13.3. The number of aliphatic hydroxyl groups excluding tert-OH is 2. The summed E-state index contributed by atoms with van der Waals surface area (Å²) in [5.41, 5.74) is -8.50. The molecule has 10 aliphatic rings. The van der Waals surface area contributed by atoms with Crippen LogP contribution in [0.2, 0.25) is 0 Å². The van der Waals surface area contributed by atoms with Gasteiger partial charge in [-0.2, -0.15) is 0 Å². The molecule has 2 aromatic rings. The van der Waals surface area contributed by atoms with E-state index in [2.05, 4.69) is 6.92 Å². The second-order valence-electron chi connectivity index (χ2n) is 19.0. The van der Waals surface area contributed by atoms with E-state index in [-0.39, 0.29) is 30.6 Å². The van der Waals surface area contributed by atoms with Crippen LogP contribution < -0.4 is 0 Å². The van der Waals surface area contributed by atoms with Gasteiger partial charge in [0.15, 0.2) is 0 Å². The van der Waals surface area contributed by atoms with Crippen LogP contribution in [0.1, 0.15) is 69.3 Å². The topological polar surface area (TPSA) is 194 Å². The van der Waals surface area contributed by atoms with Crippen molar-refractivity contribution in [1.29, 1.82) is 0 Å². The number of esters is 2. The maximum absolute atomic E-state index is 13.7. The Balaban J connectivity index is 1.14. The minimum absolute atomic E-state index is 0.102. The van der Waals surface area contributed by atoms with Gasteiger partial charge in [-0.25, -0.2) is 9.59 Å². The molecule has 0 radical (unpaired) electrons. The van der Waals surface area contributed by atoms with Crippen LogP contribution in [0.3, 0.4) is 0 Å². The molecule has 59 heavy (non-hydrogen) atoms. The van der Waals surface area contributed by atoms with Gasteiger partial charge < -0.3 is 54.0 Å². The van der Waals surface area contributed by atoms with Crippen molar-refractivity contribution in [2.45, 2.75) is 124 Å². The molecule has 5 N–H and O–H groups in total. The third-order valence-electron chi connectivity index (χ3n) is 16.2. The molecule has 11 bridgehead atoms. The lowest BCUT2D eigenvalue weighted by molar-refractivity contribution is -0.595. The zero-order valence-corrected chi connectivity index (χ0v) is 33.6. The highest BCUT2D eigenvalue weighted by molar-refractivity contribution is 5.89. The molecule has 6 heterocycles. The van der Waals surface area contributed by atoms with E-state index in [0.29, 0.717) is 24.0 Å². The van der Waals surface area contributed by atoms with Crippen molar-refractivity contribution in [3.05, 3.63) is 96.1 Å². The minimum atomic E-state index is -2.22. The third-order valence-corrected chi connectivity index (χ3v) is 16.2. The maximum Gasteiger partial charge on any atom is 0.338 e. The van der Waals surface area contributed by atoms with E-state index in [1.165, 1.54) is 12.2 Å².